The van der Waals surface area contributed by atoms with Gasteiger partial charge in [0, 0.05) is 6.04 Å². The predicted molar refractivity (Wildman–Crippen MR) is 105 cm³/mol. The minimum Gasteiger partial charge on any atom is -0.352 e. The van der Waals surface area contributed by atoms with Gasteiger partial charge in [-0.05, 0) is 24.8 Å². The van der Waals surface area contributed by atoms with Crippen molar-refractivity contribution in [2.75, 3.05) is 6.54 Å². The molecule has 0 heterocycles. The van der Waals surface area contributed by atoms with Gasteiger partial charge in [-0.1, -0.05) is 62.9 Å². The van der Waals surface area contributed by atoms with Crippen molar-refractivity contribution in [3.05, 3.63) is 35.9 Å². The van der Waals surface area contributed by atoms with Gasteiger partial charge in [0.15, 0.2) is 0 Å². The molecule has 1 atom stereocenters. The molecule has 0 bridgehead atoms. The van der Waals surface area contributed by atoms with Gasteiger partial charge in [-0.25, -0.2) is 0 Å². The molecule has 1 aliphatic rings. The molecule has 1 unspecified atom stereocenters. The normalized spacial score (nSPS) is 15.6. The monoisotopic (exact) mass is 373 g/mol. The zero-order chi connectivity index (χ0) is 19.5. The molecule has 2 rings (SSSR count). The van der Waals surface area contributed by atoms with Gasteiger partial charge < -0.3 is 16.0 Å². The Labute approximate surface area is 161 Å². The molecule has 1 saturated carbocycles. The Morgan fingerprint density at radius 2 is 1.74 bits per heavy atom. The topological polar surface area (TPSA) is 87.3 Å². The minimum atomic E-state index is -0.617. The van der Waals surface area contributed by atoms with Crippen molar-refractivity contribution < 1.29 is 14.4 Å². The molecular formula is C21H31N3O3. The van der Waals surface area contributed by atoms with E-state index in [1.54, 1.807) is 0 Å². The number of amides is 3. The summed E-state index contributed by atoms with van der Waals surface area (Å²) in [5.74, 6) is -0.667. The maximum Gasteiger partial charge on any atom is 0.243 e. The van der Waals surface area contributed by atoms with E-state index in [2.05, 4.69) is 16.0 Å². The third kappa shape index (κ3) is 7.81. The zero-order valence-electron chi connectivity index (χ0n) is 16.1. The van der Waals surface area contributed by atoms with E-state index in [-0.39, 0.29) is 36.7 Å². The Hall–Kier alpha value is -2.37. The van der Waals surface area contributed by atoms with Crippen LogP contribution in [-0.2, 0) is 20.8 Å². The average molecular weight is 373 g/mol. The van der Waals surface area contributed by atoms with Crippen LogP contribution in [0.3, 0.4) is 0 Å². The number of nitrogens with one attached hydrogen (secondary N) is 3. The molecular weight excluding hydrogens is 342 g/mol. The summed E-state index contributed by atoms with van der Waals surface area (Å²) in [6.07, 6.45) is 7.06. The fourth-order valence-electron chi connectivity index (χ4n) is 3.40. The summed E-state index contributed by atoms with van der Waals surface area (Å²) in [5, 5.41) is 8.43. The number of carbonyl (C=O) groups excluding carboxylic acids is 3. The van der Waals surface area contributed by atoms with Crippen molar-refractivity contribution in [3.8, 4) is 0 Å². The van der Waals surface area contributed by atoms with Gasteiger partial charge in [0.25, 0.3) is 0 Å². The quantitative estimate of drug-likeness (QED) is 0.619. The Balaban J connectivity index is 1.77. The third-order valence-electron chi connectivity index (χ3n) is 4.83. The highest BCUT2D eigenvalue weighted by Gasteiger charge is 2.21. The van der Waals surface area contributed by atoms with Gasteiger partial charge in [-0.15, -0.1) is 0 Å². The summed E-state index contributed by atoms with van der Waals surface area (Å²) < 4.78 is 0. The molecule has 27 heavy (non-hydrogen) atoms. The van der Waals surface area contributed by atoms with Crippen LogP contribution < -0.4 is 16.0 Å². The second-order valence-electron chi connectivity index (χ2n) is 7.19. The van der Waals surface area contributed by atoms with Gasteiger partial charge in [-0.3, -0.25) is 14.4 Å². The number of rotatable bonds is 9. The maximum absolute atomic E-state index is 12.4. The van der Waals surface area contributed by atoms with E-state index in [9.17, 15) is 14.4 Å². The molecule has 0 saturated heterocycles. The summed E-state index contributed by atoms with van der Waals surface area (Å²) in [6, 6.07) is 9.02. The second kappa shape index (κ2) is 11.4. The molecule has 1 aliphatic carbocycles. The van der Waals surface area contributed by atoms with Crippen molar-refractivity contribution >= 4 is 17.7 Å². The van der Waals surface area contributed by atoms with Crippen LogP contribution in [-0.4, -0.2) is 36.3 Å². The average Bonchev–Trinajstić information content (AvgIpc) is 2.67. The summed E-state index contributed by atoms with van der Waals surface area (Å²) in [6.45, 7) is 1.91. The van der Waals surface area contributed by atoms with Crippen LogP contribution in [0.1, 0.15) is 57.4 Å². The van der Waals surface area contributed by atoms with Crippen LogP contribution in [0.5, 0.6) is 0 Å². The first-order valence-electron chi connectivity index (χ1n) is 9.99. The molecule has 0 radical (unpaired) electrons. The van der Waals surface area contributed by atoms with E-state index < -0.39 is 6.04 Å². The molecule has 0 aliphatic heterocycles. The first-order valence-corrected chi connectivity index (χ1v) is 9.99. The highest BCUT2D eigenvalue weighted by atomic mass is 16.2. The van der Waals surface area contributed by atoms with Crippen molar-refractivity contribution in [2.45, 2.75) is 70.4 Å². The lowest BCUT2D eigenvalue weighted by molar-refractivity contribution is -0.130. The lowest BCUT2D eigenvalue weighted by Gasteiger charge is -2.23. The summed E-state index contributed by atoms with van der Waals surface area (Å²) >= 11 is 0. The number of carbonyl (C=O) groups is 3. The molecule has 0 spiro atoms. The molecule has 3 amide bonds. The van der Waals surface area contributed by atoms with Crippen LogP contribution in [0.25, 0.3) is 0 Å². The predicted octanol–water partition coefficient (Wildman–Crippen LogP) is 2.08. The van der Waals surface area contributed by atoms with Gasteiger partial charge in [0.1, 0.15) is 6.04 Å². The van der Waals surface area contributed by atoms with E-state index in [1.165, 1.54) is 6.42 Å². The smallest absolute Gasteiger partial charge is 0.243 e. The van der Waals surface area contributed by atoms with Crippen LogP contribution in [0.2, 0.25) is 0 Å². The molecule has 1 aromatic carbocycles. The van der Waals surface area contributed by atoms with Crippen LogP contribution in [0.15, 0.2) is 30.3 Å². The molecule has 148 valence electrons. The van der Waals surface area contributed by atoms with E-state index in [1.807, 2.05) is 37.3 Å². The molecule has 6 heteroatoms. The molecule has 0 aromatic heterocycles. The molecule has 6 nitrogen and oxygen atoms in total. The van der Waals surface area contributed by atoms with Crippen molar-refractivity contribution in [2.24, 2.45) is 0 Å². The summed E-state index contributed by atoms with van der Waals surface area (Å²) in [4.78, 5) is 36.7. The lowest BCUT2D eigenvalue weighted by atomic mass is 9.95. The summed E-state index contributed by atoms with van der Waals surface area (Å²) in [5.41, 5.74) is 0.900. The van der Waals surface area contributed by atoms with Gasteiger partial charge in [0.05, 0.1) is 13.0 Å². The second-order valence-corrected chi connectivity index (χ2v) is 7.19. The van der Waals surface area contributed by atoms with Crippen molar-refractivity contribution in [1.82, 2.24) is 16.0 Å². The highest BCUT2D eigenvalue weighted by molar-refractivity contribution is 5.91. The SMILES string of the molecule is CCCC(NC(=O)Cc1ccccc1)C(=O)NCC(=O)NC1CCCCC1. The Kier molecular flexibility index (Phi) is 8.81. The van der Waals surface area contributed by atoms with Gasteiger partial charge in [-0.2, -0.15) is 0 Å². The van der Waals surface area contributed by atoms with Crippen molar-refractivity contribution in [1.29, 1.82) is 0 Å². The Morgan fingerprint density at radius 3 is 2.41 bits per heavy atom. The standard InChI is InChI=1S/C21H31N3O3/c1-2-9-18(24-19(25)14-16-10-5-3-6-11-16)21(27)22-15-20(26)23-17-12-7-4-8-13-17/h3,5-6,10-11,17-18H,2,4,7-9,12-15H2,1H3,(H,22,27)(H,23,26)(H,24,25). The zero-order valence-corrected chi connectivity index (χ0v) is 16.1. The summed E-state index contributed by atoms with van der Waals surface area (Å²) in [7, 11) is 0. The van der Waals surface area contributed by atoms with E-state index in [0.29, 0.717) is 6.42 Å². The Bertz CT molecular complexity index is 612. The minimum absolute atomic E-state index is 0.0515. The van der Waals surface area contributed by atoms with Crippen LogP contribution >= 0.6 is 0 Å². The number of hydrogen-bond acceptors (Lipinski definition) is 3. The van der Waals surface area contributed by atoms with Crippen LogP contribution in [0, 0.1) is 0 Å². The molecule has 3 N–H and O–H groups in total. The maximum atomic E-state index is 12.4. The van der Waals surface area contributed by atoms with Crippen LogP contribution in [0.4, 0.5) is 0 Å². The fourth-order valence-corrected chi connectivity index (χ4v) is 3.40. The number of benzene rings is 1. The molecule has 1 aromatic rings. The highest BCUT2D eigenvalue weighted by Crippen LogP contribution is 2.17. The Morgan fingerprint density at radius 1 is 1.04 bits per heavy atom. The van der Waals surface area contributed by atoms with Crippen molar-refractivity contribution in [3.63, 3.8) is 0 Å². The largest absolute Gasteiger partial charge is 0.352 e. The first-order chi connectivity index (χ1) is 13.1. The van der Waals surface area contributed by atoms with E-state index >= 15 is 0 Å². The van der Waals surface area contributed by atoms with E-state index in [0.717, 1.165) is 37.7 Å². The van der Waals surface area contributed by atoms with Gasteiger partial charge in [0.2, 0.25) is 17.7 Å². The first kappa shape index (κ1) is 20.9. The lowest BCUT2D eigenvalue weighted by Crippen LogP contribution is -2.50. The molecule has 1 fully saturated rings. The number of hydrogen-bond donors (Lipinski definition) is 3. The van der Waals surface area contributed by atoms with Gasteiger partial charge >= 0.3 is 0 Å². The van der Waals surface area contributed by atoms with E-state index in [4.69, 9.17) is 0 Å². The fraction of sp³-hybridized carbons (Fsp3) is 0.571. The third-order valence-corrected chi connectivity index (χ3v) is 4.83.